The molecule has 0 unspecified atom stereocenters. The van der Waals surface area contributed by atoms with Crippen LogP contribution in [0.1, 0.15) is 5.56 Å². The number of benzene rings is 1. The molecule has 0 N–H and O–H groups in total. The van der Waals surface area contributed by atoms with Gasteiger partial charge in [-0.25, -0.2) is 19.0 Å². The molecule has 0 amide bonds. The molecule has 106 valence electrons. The van der Waals surface area contributed by atoms with Gasteiger partial charge in [-0.3, -0.25) is 0 Å². The Morgan fingerprint density at radius 3 is 2.86 bits per heavy atom. The van der Waals surface area contributed by atoms with E-state index in [4.69, 9.17) is 16.3 Å². The summed E-state index contributed by atoms with van der Waals surface area (Å²) < 4.78 is 20.8. The fourth-order valence-electron chi connectivity index (χ4n) is 1.62. The van der Waals surface area contributed by atoms with Crippen molar-refractivity contribution < 1.29 is 9.13 Å². The molecular formula is C12H8ClFN6O. The quantitative estimate of drug-likeness (QED) is 0.691. The second-order valence-corrected chi connectivity index (χ2v) is 4.42. The first-order valence-corrected chi connectivity index (χ1v) is 6.21. The van der Waals surface area contributed by atoms with E-state index < -0.39 is 5.82 Å². The number of tetrazole rings is 1. The van der Waals surface area contributed by atoms with Crippen molar-refractivity contribution in [2.75, 3.05) is 0 Å². The third-order valence-corrected chi connectivity index (χ3v) is 3.09. The predicted molar refractivity (Wildman–Crippen MR) is 71.0 cm³/mol. The maximum atomic E-state index is 14.1. The summed E-state index contributed by atoms with van der Waals surface area (Å²) in [6.07, 6.45) is 2.61. The van der Waals surface area contributed by atoms with Gasteiger partial charge in [-0.15, -0.1) is 5.10 Å². The SMILES string of the molecule is Cc1c(Cl)ncnc1Oc1ccc(-n2cnnn2)cc1F. The van der Waals surface area contributed by atoms with Gasteiger partial charge in [0, 0.05) is 11.6 Å². The van der Waals surface area contributed by atoms with Crippen LogP contribution in [0.4, 0.5) is 4.39 Å². The average molecular weight is 307 g/mol. The van der Waals surface area contributed by atoms with E-state index in [1.807, 2.05) is 0 Å². The summed E-state index contributed by atoms with van der Waals surface area (Å²) in [5.41, 5.74) is 1.01. The van der Waals surface area contributed by atoms with E-state index >= 15 is 0 Å². The molecule has 0 aliphatic carbocycles. The van der Waals surface area contributed by atoms with E-state index in [1.165, 1.54) is 29.5 Å². The highest BCUT2D eigenvalue weighted by atomic mass is 35.5. The van der Waals surface area contributed by atoms with Crippen LogP contribution >= 0.6 is 11.6 Å². The van der Waals surface area contributed by atoms with E-state index in [0.717, 1.165) is 0 Å². The normalized spacial score (nSPS) is 10.6. The molecule has 0 saturated carbocycles. The number of ether oxygens (including phenoxy) is 1. The first kappa shape index (κ1) is 13.4. The maximum absolute atomic E-state index is 14.1. The second kappa shape index (κ2) is 5.41. The van der Waals surface area contributed by atoms with Gasteiger partial charge in [0.15, 0.2) is 11.6 Å². The zero-order chi connectivity index (χ0) is 14.8. The van der Waals surface area contributed by atoms with Gasteiger partial charge in [0.25, 0.3) is 0 Å². The molecule has 0 spiro atoms. The van der Waals surface area contributed by atoms with Crippen LogP contribution in [0.25, 0.3) is 5.69 Å². The maximum Gasteiger partial charge on any atom is 0.226 e. The largest absolute Gasteiger partial charge is 0.435 e. The Labute approximate surface area is 123 Å². The van der Waals surface area contributed by atoms with Crippen LogP contribution in [-0.2, 0) is 0 Å². The minimum Gasteiger partial charge on any atom is -0.435 e. The summed E-state index contributed by atoms with van der Waals surface area (Å²) in [7, 11) is 0. The second-order valence-electron chi connectivity index (χ2n) is 4.07. The Hall–Kier alpha value is -2.61. The Kier molecular flexibility index (Phi) is 3.44. The van der Waals surface area contributed by atoms with Crippen molar-refractivity contribution in [1.82, 2.24) is 30.2 Å². The Morgan fingerprint density at radius 1 is 1.29 bits per heavy atom. The molecule has 3 rings (SSSR count). The van der Waals surface area contributed by atoms with Crippen LogP contribution in [-0.4, -0.2) is 30.2 Å². The molecule has 0 bridgehead atoms. The molecule has 0 fully saturated rings. The highest BCUT2D eigenvalue weighted by Gasteiger charge is 2.12. The molecule has 2 aromatic heterocycles. The van der Waals surface area contributed by atoms with Crippen LogP contribution in [0.15, 0.2) is 30.9 Å². The van der Waals surface area contributed by atoms with Crippen molar-refractivity contribution in [2.24, 2.45) is 0 Å². The average Bonchev–Trinajstić information content (AvgIpc) is 3.00. The smallest absolute Gasteiger partial charge is 0.226 e. The first-order valence-electron chi connectivity index (χ1n) is 5.83. The molecule has 9 heteroatoms. The number of halogens is 2. The lowest BCUT2D eigenvalue weighted by atomic mass is 10.3. The van der Waals surface area contributed by atoms with Crippen LogP contribution in [0, 0.1) is 12.7 Å². The van der Waals surface area contributed by atoms with Gasteiger partial charge in [0.2, 0.25) is 5.88 Å². The topological polar surface area (TPSA) is 78.6 Å². The lowest BCUT2D eigenvalue weighted by Crippen LogP contribution is -1.99. The monoisotopic (exact) mass is 306 g/mol. The summed E-state index contributed by atoms with van der Waals surface area (Å²) in [6, 6.07) is 4.33. The lowest BCUT2D eigenvalue weighted by Gasteiger charge is -2.09. The Bertz CT molecular complexity index is 779. The highest BCUT2D eigenvalue weighted by Crippen LogP contribution is 2.28. The predicted octanol–water partition coefficient (Wildman–Crippen LogP) is 2.35. The summed E-state index contributed by atoms with van der Waals surface area (Å²) >= 11 is 5.86. The van der Waals surface area contributed by atoms with Crippen LogP contribution in [0.5, 0.6) is 11.6 Å². The number of nitrogens with zero attached hydrogens (tertiary/aromatic N) is 6. The molecular weight excluding hydrogens is 299 g/mol. The van der Waals surface area contributed by atoms with Crippen molar-refractivity contribution in [3.8, 4) is 17.3 Å². The summed E-state index contributed by atoms with van der Waals surface area (Å²) in [4.78, 5) is 7.73. The molecule has 7 nitrogen and oxygen atoms in total. The molecule has 0 aliphatic rings. The lowest BCUT2D eigenvalue weighted by molar-refractivity contribution is 0.423. The van der Waals surface area contributed by atoms with E-state index in [2.05, 4.69) is 25.5 Å². The van der Waals surface area contributed by atoms with Crippen molar-refractivity contribution >= 4 is 11.6 Å². The zero-order valence-corrected chi connectivity index (χ0v) is 11.5. The van der Waals surface area contributed by atoms with Gasteiger partial charge in [0.05, 0.1) is 5.69 Å². The number of hydrogen-bond donors (Lipinski definition) is 0. The third-order valence-electron chi connectivity index (χ3n) is 2.71. The van der Waals surface area contributed by atoms with Gasteiger partial charge in [-0.05, 0) is 29.5 Å². The number of rotatable bonds is 3. The van der Waals surface area contributed by atoms with Crippen molar-refractivity contribution in [1.29, 1.82) is 0 Å². The van der Waals surface area contributed by atoms with Crippen molar-refractivity contribution in [2.45, 2.75) is 6.92 Å². The van der Waals surface area contributed by atoms with Gasteiger partial charge in [-0.1, -0.05) is 11.6 Å². The van der Waals surface area contributed by atoms with Gasteiger partial charge >= 0.3 is 0 Å². The van der Waals surface area contributed by atoms with Crippen LogP contribution in [0.2, 0.25) is 5.15 Å². The van der Waals surface area contributed by atoms with Crippen LogP contribution < -0.4 is 4.74 Å². The fraction of sp³-hybridized carbons (Fsp3) is 0.0833. The van der Waals surface area contributed by atoms with Gasteiger partial charge in [0.1, 0.15) is 17.8 Å². The summed E-state index contributed by atoms with van der Waals surface area (Å²) in [6.45, 7) is 1.69. The minimum absolute atomic E-state index is 0.0182. The Balaban J connectivity index is 1.92. The van der Waals surface area contributed by atoms with Crippen molar-refractivity contribution in [3.05, 3.63) is 47.4 Å². The van der Waals surface area contributed by atoms with Gasteiger partial charge in [-0.2, -0.15) is 0 Å². The number of hydrogen-bond acceptors (Lipinski definition) is 6. The summed E-state index contributed by atoms with van der Waals surface area (Å²) in [5, 5.41) is 10.9. The molecule has 0 aliphatic heterocycles. The molecule has 0 atom stereocenters. The van der Waals surface area contributed by atoms with E-state index in [-0.39, 0.29) is 16.8 Å². The first-order chi connectivity index (χ1) is 10.1. The van der Waals surface area contributed by atoms with E-state index in [1.54, 1.807) is 13.0 Å². The molecule has 21 heavy (non-hydrogen) atoms. The zero-order valence-electron chi connectivity index (χ0n) is 10.7. The summed E-state index contributed by atoms with van der Waals surface area (Å²) in [5.74, 6) is -0.356. The number of aromatic nitrogens is 6. The molecule has 1 aromatic carbocycles. The van der Waals surface area contributed by atoms with E-state index in [0.29, 0.717) is 11.3 Å². The molecule has 3 aromatic rings. The van der Waals surface area contributed by atoms with Crippen molar-refractivity contribution in [3.63, 3.8) is 0 Å². The fourth-order valence-corrected chi connectivity index (χ4v) is 1.74. The molecule has 0 saturated heterocycles. The van der Waals surface area contributed by atoms with E-state index in [9.17, 15) is 4.39 Å². The molecule has 2 heterocycles. The highest BCUT2D eigenvalue weighted by molar-refractivity contribution is 6.30. The van der Waals surface area contributed by atoms with Crippen LogP contribution in [0.3, 0.4) is 0 Å². The molecule has 0 radical (unpaired) electrons. The van der Waals surface area contributed by atoms with Gasteiger partial charge < -0.3 is 4.74 Å². The standard InChI is InChI=1S/C12H8ClFN6O/c1-7-11(13)15-5-16-12(7)21-10-3-2-8(4-9(10)14)20-6-17-18-19-20/h2-6H,1H3. The third kappa shape index (κ3) is 2.65. The minimum atomic E-state index is -0.572. The Morgan fingerprint density at radius 2 is 2.14 bits per heavy atom.